The Balaban J connectivity index is 2.84. The number of rotatable bonds is 4. The van der Waals surface area contributed by atoms with Crippen LogP contribution in [0, 0.1) is 17.2 Å². The molecule has 1 atom stereocenters. The Labute approximate surface area is 109 Å². The Morgan fingerprint density at radius 3 is 2.94 bits per heavy atom. The largest absolute Gasteiger partial charge is 0.330 e. The second kappa shape index (κ2) is 6.38. The van der Waals surface area contributed by atoms with Gasteiger partial charge >= 0.3 is 0 Å². The van der Waals surface area contributed by atoms with Gasteiger partial charge in [0.05, 0.1) is 11.3 Å². The monoisotopic (exact) mass is 295 g/mol. The molecule has 3 N–H and O–H groups in total. The van der Waals surface area contributed by atoms with E-state index in [1.807, 2.05) is 13.0 Å². The zero-order valence-corrected chi connectivity index (χ0v) is 11.1. The van der Waals surface area contributed by atoms with E-state index in [4.69, 9.17) is 11.0 Å². The van der Waals surface area contributed by atoms with Crippen LogP contribution < -0.4 is 11.1 Å². The third-order valence-corrected chi connectivity index (χ3v) is 2.90. The van der Waals surface area contributed by atoms with Crippen molar-refractivity contribution in [1.82, 2.24) is 0 Å². The lowest BCUT2D eigenvalue weighted by Crippen LogP contribution is -2.23. The van der Waals surface area contributed by atoms with Crippen LogP contribution in [0.4, 0.5) is 5.69 Å². The second-order valence-corrected chi connectivity index (χ2v) is 4.69. The molecule has 1 rings (SSSR count). The first-order valence-electron chi connectivity index (χ1n) is 5.29. The zero-order valence-electron chi connectivity index (χ0n) is 9.53. The van der Waals surface area contributed by atoms with Crippen LogP contribution in [-0.4, -0.2) is 12.5 Å². The minimum atomic E-state index is -0.162. The van der Waals surface area contributed by atoms with Crippen molar-refractivity contribution in [2.45, 2.75) is 13.3 Å². The number of anilines is 1. The van der Waals surface area contributed by atoms with Gasteiger partial charge in [-0.15, -0.1) is 0 Å². The highest BCUT2D eigenvalue weighted by Crippen LogP contribution is 2.21. The molecule has 0 saturated carbocycles. The van der Waals surface area contributed by atoms with E-state index < -0.39 is 0 Å². The van der Waals surface area contributed by atoms with Gasteiger partial charge in [-0.2, -0.15) is 5.26 Å². The summed E-state index contributed by atoms with van der Waals surface area (Å²) >= 11 is 3.30. The van der Waals surface area contributed by atoms with E-state index in [0.717, 1.165) is 4.47 Å². The van der Waals surface area contributed by atoms with Crippen LogP contribution in [0.25, 0.3) is 0 Å². The molecule has 0 heterocycles. The number of carbonyl (C=O) groups is 1. The van der Waals surface area contributed by atoms with Crippen molar-refractivity contribution in [2.24, 2.45) is 11.7 Å². The van der Waals surface area contributed by atoms with Crippen molar-refractivity contribution in [3.63, 3.8) is 0 Å². The predicted octanol–water partition coefficient (Wildman–Crippen LogP) is 2.24. The number of hydrogen-bond donors (Lipinski definition) is 2. The summed E-state index contributed by atoms with van der Waals surface area (Å²) in [5.41, 5.74) is 6.37. The number of amides is 1. The lowest BCUT2D eigenvalue weighted by molar-refractivity contribution is -0.119. The lowest BCUT2D eigenvalue weighted by Gasteiger charge is -2.12. The molecule has 5 heteroatoms. The summed E-state index contributed by atoms with van der Waals surface area (Å²) in [6, 6.07) is 7.17. The highest BCUT2D eigenvalue weighted by atomic mass is 79.9. The van der Waals surface area contributed by atoms with Gasteiger partial charge in [-0.25, -0.2) is 0 Å². The molecule has 1 aromatic rings. The molecule has 0 saturated heterocycles. The third kappa shape index (κ3) is 3.84. The number of benzene rings is 1. The molecule has 1 unspecified atom stereocenters. The van der Waals surface area contributed by atoms with E-state index in [1.165, 1.54) is 0 Å². The molecule has 0 bridgehead atoms. The van der Waals surface area contributed by atoms with Gasteiger partial charge in [0, 0.05) is 10.4 Å². The first kappa shape index (κ1) is 13.7. The van der Waals surface area contributed by atoms with E-state index in [-0.39, 0.29) is 11.8 Å². The first-order valence-corrected chi connectivity index (χ1v) is 6.08. The van der Waals surface area contributed by atoms with Crippen LogP contribution >= 0.6 is 15.9 Å². The summed E-state index contributed by atoms with van der Waals surface area (Å²) in [5.74, 6) is -0.282. The van der Waals surface area contributed by atoms with Crippen molar-refractivity contribution >= 4 is 27.5 Å². The maximum atomic E-state index is 11.8. The topological polar surface area (TPSA) is 78.9 Å². The summed E-state index contributed by atoms with van der Waals surface area (Å²) in [4.78, 5) is 11.8. The number of nitrogens with two attached hydrogens (primary N) is 1. The minimum absolute atomic E-state index is 0.120. The molecule has 0 aliphatic heterocycles. The smallest absolute Gasteiger partial charge is 0.227 e. The van der Waals surface area contributed by atoms with E-state index in [2.05, 4.69) is 21.2 Å². The van der Waals surface area contributed by atoms with E-state index >= 15 is 0 Å². The average Bonchev–Trinajstić information content (AvgIpc) is 2.29. The molecule has 17 heavy (non-hydrogen) atoms. The third-order valence-electron chi connectivity index (χ3n) is 2.41. The van der Waals surface area contributed by atoms with Crippen molar-refractivity contribution < 1.29 is 4.79 Å². The number of hydrogen-bond acceptors (Lipinski definition) is 3. The van der Waals surface area contributed by atoms with E-state index in [9.17, 15) is 4.79 Å². The highest BCUT2D eigenvalue weighted by Gasteiger charge is 2.13. The van der Waals surface area contributed by atoms with Crippen molar-refractivity contribution in [3.05, 3.63) is 28.2 Å². The molecule has 0 aliphatic carbocycles. The molecule has 90 valence electrons. The number of halogens is 1. The molecule has 0 aromatic heterocycles. The van der Waals surface area contributed by atoms with Gasteiger partial charge in [0.25, 0.3) is 0 Å². The van der Waals surface area contributed by atoms with Crippen LogP contribution in [-0.2, 0) is 4.79 Å². The van der Waals surface area contributed by atoms with Crippen LogP contribution in [0.5, 0.6) is 0 Å². The predicted molar refractivity (Wildman–Crippen MR) is 70.3 cm³/mol. The number of nitrogens with one attached hydrogen (secondary N) is 1. The fourth-order valence-corrected chi connectivity index (χ4v) is 1.72. The first-order chi connectivity index (χ1) is 8.08. The van der Waals surface area contributed by atoms with Gasteiger partial charge in [-0.05, 0) is 31.2 Å². The fraction of sp³-hybridized carbons (Fsp3) is 0.333. The van der Waals surface area contributed by atoms with E-state index in [1.54, 1.807) is 18.2 Å². The highest BCUT2D eigenvalue weighted by molar-refractivity contribution is 9.10. The number of nitrogens with zero attached hydrogens (tertiary/aromatic N) is 1. The van der Waals surface area contributed by atoms with Crippen molar-refractivity contribution in [1.29, 1.82) is 5.26 Å². The zero-order chi connectivity index (χ0) is 12.8. The Morgan fingerprint density at radius 1 is 1.65 bits per heavy atom. The summed E-state index contributed by atoms with van der Waals surface area (Å²) in [6.07, 6.45) is 0.627. The van der Waals surface area contributed by atoms with E-state index in [0.29, 0.717) is 24.2 Å². The van der Waals surface area contributed by atoms with Crippen LogP contribution in [0.1, 0.15) is 18.9 Å². The molecule has 1 aromatic carbocycles. The Hall–Kier alpha value is -1.38. The normalized spacial score (nSPS) is 11.6. The molecule has 0 radical (unpaired) electrons. The van der Waals surface area contributed by atoms with Crippen LogP contribution in [0.2, 0.25) is 0 Å². The Bertz CT molecular complexity index is 454. The summed E-state index contributed by atoms with van der Waals surface area (Å²) in [6.45, 7) is 2.28. The molecular formula is C12H14BrN3O. The molecule has 4 nitrogen and oxygen atoms in total. The molecule has 1 amide bonds. The van der Waals surface area contributed by atoms with Gasteiger partial charge in [-0.3, -0.25) is 4.79 Å². The Kier molecular flexibility index (Phi) is 5.13. The van der Waals surface area contributed by atoms with Gasteiger partial charge in [-0.1, -0.05) is 22.9 Å². The van der Waals surface area contributed by atoms with Crippen LogP contribution in [0.3, 0.4) is 0 Å². The van der Waals surface area contributed by atoms with Gasteiger partial charge < -0.3 is 11.1 Å². The number of nitriles is 1. The number of carbonyl (C=O) groups excluding carboxylic acids is 1. The van der Waals surface area contributed by atoms with Crippen molar-refractivity contribution in [2.75, 3.05) is 11.9 Å². The van der Waals surface area contributed by atoms with Crippen molar-refractivity contribution in [3.8, 4) is 6.07 Å². The van der Waals surface area contributed by atoms with Gasteiger partial charge in [0.2, 0.25) is 5.91 Å². The Morgan fingerprint density at radius 2 is 2.35 bits per heavy atom. The molecule has 0 aliphatic rings. The fourth-order valence-electron chi connectivity index (χ4n) is 1.35. The lowest BCUT2D eigenvalue weighted by atomic mass is 10.1. The van der Waals surface area contributed by atoms with Gasteiger partial charge in [0.15, 0.2) is 0 Å². The van der Waals surface area contributed by atoms with Gasteiger partial charge in [0.1, 0.15) is 6.07 Å². The summed E-state index contributed by atoms with van der Waals surface area (Å²) in [5, 5.41) is 11.7. The SMILES string of the molecule is CC(CCN)C(=O)Nc1cc(Br)ccc1C#N. The molecular weight excluding hydrogens is 282 g/mol. The average molecular weight is 296 g/mol. The summed E-state index contributed by atoms with van der Waals surface area (Å²) < 4.78 is 0.818. The quantitative estimate of drug-likeness (QED) is 0.894. The second-order valence-electron chi connectivity index (χ2n) is 3.77. The standard InChI is InChI=1S/C12H14BrN3O/c1-8(4-5-14)12(17)16-11-6-10(13)3-2-9(11)7-15/h2-3,6,8H,4-5,14H2,1H3,(H,16,17). The maximum absolute atomic E-state index is 11.8. The maximum Gasteiger partial charge on any atom is 0.227 e. The molecule has 0 fully saturated rings. The molecule has 0 spiro atoms. The summed E-state index contributed by atoms with van der Waals surface area (Å²) in [7, 11) is 0. The van der Waals surface area contributed by atoms with Crippen LogP contribution in [0.15, 0.2) is 22.7 Å². The minimum Gasteiger partial charge on any atom is -0.330 e.